The summed E-state index contributed by atoms with van der Waals surface area (Å²) in [4.78, 5) is 3.71. The molecule has 2 atom stereocenters. The van der Waals surface area contributed by atoms with E-state index in [1.54, 1.807) is 11.0 Å². The van der Waals surface area contributed by atoms with Crippen molar-refractivity contribution in [3.8, 4) is 6.07 Å². The number of hydrogen-bond acceptors (Lipinski definition) is 5. The van der Waals surface area contributed by atoms with E-state index < -0.39 is 17.6 Å². The molecule has 8 heteroatoms. The van der Waals surface area contributed by atoms with Crippen molar-refractivity contribution in [1.82, 2.24) is 15.1 Å². The number of nitrogens with one attached hydrogen (secondary N) is 1. The van der Waals surface area contributed by atoms with Crippen molar-refractivity contribution >= 4 is 0 Å². The van der Waals surface area contributed by atoms with Crippen LogP contribution in [0.1, 0.15) is 6.42 Å². The monoisotopic (exact) mass is 356 g/mol. The van der Waals surface area contributed by atoms with Gasteiger partial charge in [-0.15, -0.1) is 0 Å². The molecule has 0 bridgehead atoms. The maximum Gasteiger partial charge on any atom is 0.398 e. The van der Waals surface area contributed by atoms with Gasteiger partial charge >= 0.3 is 6.18 Å². The van der Waals surface area contributed by atoms with Crippen molar-refractivity contribution in [1.29, 1.82) is 5.26 Å². The molecule has 0 saturated carbocycles. The van der Waals surface area contributed by atoms with Crippen LogP contribution in [0.4, 0.5) is 13.2 Å². The summed E-state index contributed by atoms with van der Waals surface area (Å²) in [7, 11) is 0. The van der Waals surface area contributed by atoms with Gasteiger partial charge < -0.3 is 10.1 Å². The van der Waals surface area contributed by atoms with Gasteiger partial charge in [0, 0.05) is 39.4 Å². The predicted octanol–water partition coefficient (Wildman–Crippen LogP) is 1.51. The van der Waals surface area contributed by atoms with Crippen molar-refractivity contribution in [2.75, 3.05) is 52.6 Å². The third-order valence-corrected chi connectivity index (χ3v) is 5.18. The van der Waals surface area contributed by atoms with Gasteiger partial charge in [-0.2, -0.15) is 18.4 Å². The van der Waals surface area contributed by atoms with E-state index in [1.165, 1.54) is 12.2 Å². The molecule has 2 aliphatic heterocycles. The fourth-order valence-electron chi connectivity index (χ4n) is 3.88. The Morgan fingerprint density at radius 2 is 2.08 bits per heavy atom. The Labute approximate surface area is 145 Å². The number of alkyl halides is 3. The molecule has 3 rings (SSSR count). The number of allylic oxidation sites excluding steroid dienone is 2. The molecular formula is C17H23F3N4O. The molecule has 2 heterocycles. The fourth-order valence-corrected chi connectivity index (χ4v) is 3.88. The first-order valence-electron chi connectivity index (χ1n) is 8.59. The topological polar surface area (TPSA) is 51.5 Å². The summed E-state index contributed by atoms with van der Waals surface area (Å²) in [6, 6.07) is 1.99. The van der Waals surface area contributed by atoms with Gasteiger partial charge in [-0.25, -0.2) is 0 Å². The molecule has 0 radical (unpaired) electrons. The van der Waals surface area contributed by atoms with E-state index >= 15 is 0 Å². The Bertz CT molecular complexity index is 571. The molecule has 2 saturated heterocycles. The number of halogens is 3. The first kappa shape index (κ1) is 18.4. The van der Waals surface area contributed by atoms with Gasteiger partial charge in [0.25, 0.3) is 0 Å². The third-order valence-electron chi connectivity index (χ3n) is 5.18. The fraction of sp³-hybridized carbons (Fsp3) is 0.706. The van der Waals surface area contributed by atoms with Gasteiger partial charge in [0.05, 0.1) is 19.3 Å². The van der Waals surface area contributed by atoms with Gasteiger partial charge in [-0.3, -0.25) is 9.80 Å². The van der Waals surface area contributed by atoms with Crippen molar-refractivity contribution < 1.29 is 17.9 Å². The molecule has 0 aromatic rings. The molecule has 0 aromatic heterocycles. The highest BCUT2D eigenvalue weighted by atomic mass is 19.4. The minimum absolute atomic E-state index is 0.287. The molecular weight excluding hydrogens is 333 g/mol. The van der Waals surface area contributed by atoms with Crippen LogP contribution in [0.15, 0.2) is 23.8 Å². The van der Waals surface area contributed by atoms with Crippen molar-refractivity contribution in [2.45, 2.75) is 18.1 Å². The molecule has 0 spiro atoms. The molecule has 5 nitrogen and oxygen atoms in total. The summed E-state index contributed by atoms with van der Waals surface area (Å²) in [5.74, 6) is -1.80. The zero-order valence-corrected chi connectivity index (χ0v) is 14.1. The first-order valence-corrected chi connectivity index (χ1v) is 8.59. The molecule has 3 aliphatic rings. The Kier molecular flexibility index (Phi) is 5.49. The van der Waals surface area contributed by atoms with Crippen LogP contribution in [-0.4, -0.2) is 74.1 Å². The zero-order valence-electron chi connectivity index (χ0n) is 14.1. The zero-order chi connectivity index (χ0) is 17.9. The van der Waals surface area contributed by atoms with E-state index in [1.807, 2.05) is 6.07 Å². The maximum atomic E-state index is 14.0. The van der Waals surface area contributed by atoms with Crippen LogP contribution in [0.5, 0.6) is 0 Å². The maximum absolute atomic E-state index is 14.0. The van der Waals surface area contributed by atoms with Crippen molar-refractivity contribution in [3.63, 3.8) is 0 Å². The Morgan fingerprint density at radius 1 is 1.32 bits per heavy atom. The molecule has 0 amide bonds. The lowest BCUT2D eigenvalue weighted by atomic mass is 9.74. The number of nitrogens with zero attached hydrogens (tertiary/aromatic N) is 3. The highest BCUT2D eigenvalue weighted by molar-refractivity contribution is 5.39. The summed E-state index contributed by atoms with van der Waals surface area (Å²) in [5, 5.41) is 12.8. The van der Waals surface area contributed by atoms with E-state index in [0.717, 1.165) is 13.1 Å². The van der Waals surface area contributed by atoms with Crippen molar-refractivity contribution in [2.24, 2.45) is 5.92 Å². The van der Waals surface area contributed by atoms with Crippen LogP contribution in [0, 0.1) is 17.2 Å². The lowest BCUT2D eigenvalue weighted by Gasteiger charge is -2.43. The molecule has 2 fully saturated rings. The molecule has 138 valence electrons. The molecule has 1 aliphatic carbocycles. The highest BCUT2D eigenvalue weighted by Gasteiger charge is 2.58. The summed E-state index contributed by atoms with van der Waals surface area (Å²) < 4.78 is 47.2. The lowest BCUT2D eigenvalue weighted by molar-refractivity contribution is -0.185. The Balaban J connectivity index is 1.82. The summed E-state index contributed by atoms with van der Waals surface area (Å²) in [5.41, 5.74) is -1.38. The van der Waals surface area contributed by atoms with Gasteiger partial charge in [-0.05, 0) is 12.5 Å². The molecule has 1 N–H and O–H groups in total. The minimum atomic E-state index is -4.47. The van der Waals surface area contributed by atoms with Crippen LogP contribution in [0.2, 0.25) is 0 Å². The SMILES string of the molecule is N#CC1(N2CCNC2)C=CC=C(CCN2CCOCC2)C1C(F)(F)F. The summed E-state index contributed by atoms with van der Waals surface area (Å²) >= 11 is 0. The molecule has 2 unspecified atom stereocenters. The number of hydrogen-bond donors (Lipinski definition) is 1. The normalized spacial score (nSPS) is 31.8. The van der Waals surface area contributed by atoms with E-state index in [-0.39, 0.29) is 5.57 Å². The van der Waals surface area contributed by atoms with Crippen molar-refractivity contribution in [3.05, 3.63) is 23.8 Å². The minimum Gasteiger partial charge on any atom is -0.379 e. The van der Waals surface area contributed by atoms with E-state index in [4.69, 9.17) is 4.74 Å². The second kappa shape index (κ2) is 7.46. The van der Waals surface area contributed by atoms with E-state index in [9.17, 15) is 18.4 Å². The highest BCUT2D eigenvalue weighted by Crippen LogP contribution is 2.46. The number of nitriles is 1. The Hall–Kier alpha value is -1.40. The van der Waals surface area contributed by atoms with Crippen LogP contribution in [-0.2, 0) is 4.74 Å². The summed E-state index contributed by atoms with van der Waals surface area (Å²) in [6.45, 7) is 4.57. The molecule has 25 heavy (non-hydrogen) atoms. The van der Waals surface area contributed by atoms with E-state index in [0.29, 0.717) is 45.9 Å². The first-order chi connectivity index (χ1) is 12.0. The van der Waals surface area contributed by atoms with Crippen LogP contribution in [0.3, 0.4) is 0 Å². The second-order valence-electron chi connectivity index (χ2n) is 6.64. The van der Waals surface area contributed by atoms with Crippen LogP contribution in [0.25, 0.3) is 0 Å². The smallest absolute Gasteiger partial charge is 0.379 e. The van der Waals surface area contributed by atoms with E-state index in [2.05, 4.69) is 10.2 Å². The van der Waals surface area contributed by atoms with Gasteiger partial charge in [-0.1, -0.05) is 17.7 Å². The van der Waals surface area contributed by atoms with Gasteiger partial charge in [0.1, 0.15) is 11.5 Å². The standard InChI is InChI=1S/C17H23F3N4O/c18-17(19,20)15-14(3-6-23-8-10-25-11-9-23)2-1-4-16(15,12-21)24-7-5-22-13-24/h1-2,4,15,22H,3,5-11,13H2. The quantitative estimate of drug-likeness (QED) is 0.828. The van der Waals surface area contributed by atoms with Gasteiger partial charge in [0.15, 0.2) is 0 Å². The predicted molar refractivity (Wildman–Crippen MR) is 86.6 cm³/mol. The lowest BCUT2D eigenvalue weighted by Crippen LogP contribution is -2.57. The van der Waals surface area contributed by atoms with Crippen LogP contribution >= 0.6 is 0 Å². The third kappa shape index (κ3) is 3.75. The average Bonchev–Trinajstić information content (AvgIpc) is 3.14. The van der Waals surface area contributed by atoms with Gasteiger partial charge in [0.2, 0.25) is 0 Å². The summed E-state index contributed by atoms with van der Waals surface area (Å²) in [6.07, 6.45) is 0.394. The average molecular weight is 356 g/mol. The number of rotatable bonds is 4. The van der Waals surface area contributed by atoms with Crippen LogP contribution < -0.4 is 5.32 Å². The number of ether oxygens (including phenoxy) is 1. The second-order valence-corrected chi connectivity index (χ2v) is 6.64. The molecule has 0 aromatic carbocycles. The largest absolute Gasteiger partial charge is 0.398 e. The Morgan fingerprint density at radius 3 is 2.68 bits per heavy atom. The number of morpholine rings is 1.